The van der Waals surface area contributed by atoms with Gasteiger partial charge in [0, 0.05) is 0 Å². The number of rotatable bonds is 6. The highest BCUT2D eigenvalue weighted by Crippen LogP contribution is 2.24. The first-order chi connectivity index (χ1) is 14.4. The van der Waals surface area contributed by atoms with Crippen LogP contribution in [0.2, 0.25) is 0 Å². The molecule has 4 aromatic rings. The summed E-state index contributed by atoms with van der Waals surface area (Å²) in [6.07, 6.45) is -0.693. The van der Waals surface area contributed by atoms with Gasteiger partial charge in [-0.05, 0) is 48.9 Å². The summed E-state index contributed by atoms with van der Waals surface area (Å²) in [6.45, 7) is 1.67. The highest BCUT2D eigenvalue weighted by Gasteiger charge is 2.20. The van der Waals surface area contributed by atoms with Crippen LogP contribution in [0.5, 0.6) is 0 Å². The van der Waals surface area contributed by atoms with Crippen LogP contribution >= 0.6 is 0 Å². The first-order valence-electron chi connectivity index (χ1n) is 9.35. The van der Waals surface area contributed by atoms with E-state index < -0.39 is 21.9 Å². The van der Waals surface area contributed by atoms with Crippen molar-refractivity contribution in [3.05, 3.63) is 95.9 Å². The van der Waals surface area contributed by atoms with Gasteiger partial charge in [-0.2, -0.15) is 0 Å². The summed E-state index contributed by atoms with van der Waals surface area (Å²) in [5.41, 5.74) is 2.06. The van der Waals surface area contributed by atoms with E-state index in [9.17, 15) is 13.2 Å². The molecule has 0 bridgehead atoms. The fraction of sp³-hybridized carbons (Fsp3) is 0.130. The predicted octanol–water partition coefficient (Wildman–Crippen LogP) is 4.72. The molecule has 0 aliphatic carbocycles. The number of nitrogens with zero attached hydrogens (tertiary/aromatic N) is 1. The molecule has 0 saturated heterocycles. The molecule has 1 heterocycles. The topological polar surface area (TPSA) is 86.5 Å². The molecule has 0 aliphatic heterocycles. The maximum absolute atomic E-state index is 12.6. The van der Waals surface area contributed by atoms with E-state index in [1.54, 1.807) is 61.5 Å². The Morgan fingerprint density at radius 3 is 2.50 bits per heavy atom. The van der Waals surface area contributed by atoms with Gasteiger partial charge in [0.05, 0.1) is 16.2 Å². The van der Waals surface area contributed by atoms with Gasteiger partial charge in [-0.25, -0.2) is 18.2 Å². The number of hydrogen-bond acceptors (Lipinski definition) is 6. The molecule has 152 valence electrons. The number of hydrogen-bond donors (Lipinski definition) is 0. The molecular formula is C23H19NO5S. The van der Waals surface area contributed by atoms with Crippen molar-refractivity contribution in [2.75, 3.05) is 0 Å². The zero-order valence-corrected chi connectivity index (χ0v) is 17.0. The van der Waals surface area contributed by atoms with Crippen LogP contribution in [-0.2, 0) is 20.3 Å². The second-order valence-corrected chi connectivity index (χ2v) is 8.83. The summed E-state index contributed by atoms with van der Waals surface area (Å²) < 4.78 is 36.3. The van der Waals surface area contributed by atoms with Gasteiger partial charge in [-0.1, -0.05) is 42.5 Å². The minimum Gasteiger partial charge on any atom is -0.449 e. The van der Waals surface area contributed by atoms with Crippen molar-refractivity contribution in [2.24, 2.45) is 0 Å². The maximum Gasteiger partial charge on any atom is 0.338 e. The van der Waals surface area contributed by atoms with Crippen molar-refractivity contribution in [3.63, 3.8) is 0 Å². The van der Waals surface area contributed by atoms with Crippen molar-refractivity contribution < 1.29 is 22.4 Å². The highest BCUT2D eigenvalue weighted by molar-refractivity contribution is 7.90. The Kier molecular flexibility index (Phi) is 5.37. The third-order valence-electron chi connectivity index (χ3n) is 4.56. The first-order valence-corrected chi connectivity index (χ1v) is 11.0. The standard InChI is InChI=1S/C23H19NO5S/c1-16(22-24-20-12-5-6-13-21(20)29-22)28-23(25)18-9-7-8-17(14-18)15-30(26,27)19-10-3-2-4-11-19/h2-14,16H,15H2,1H3/t16-/m0/s1. The van der Waals surface area contributed by atoms with E-state index in [4.69, 9.17) is 9.15 Å². The number of esters is 1. The first kappa shape index (κ1) is 19.8. The number of aromatic nitrogens is 1. The van der Waals surface area contributed by atoms with E-state index in [1.165, 1.54) is 6.07 Å². The second-order valence-electron chi connectivity index (χ2n) is 6.84. The predicted molar refractivity (Wildman–Crippen MR) is 112 cm³/mol. The molecule has 0 radical (unpaired) electrons. The Morgan fingerprint density at radius 1 is 1.00 bits per heavy atom. The molecule has 0 saturated carbocycles. The monoisotopic (exact) mass is 421 g/mol. The van der Waals surface area contributed by atoms with Crippen LogP contribution < -0.4 is 0 Å². The SMILES string of the molecule is C[C@H](OC(=O)c1cccc(CS(=O)(=O)c2ccccc2)c1)c1nc2ccccc2o1. The van der Waals surface area contributed by atoms with Gasteiger partial charge < -0.3 is 9.15 Å². The van der Waals surface area contributed by atoms with Gasteiger partial charge in [0.2, 0.25) is 5.89 Å². The molecule has 0 aliphatic rings. The Labute approximate surface area is 174 Å². The van der Waals surface area contributed by atoms with Gasteiger partial charge in [0.1, 0.15) is 5.52 Å². The molecule has 0 amide bonds. The number of ether oxygens (including phenoxy) is 1. The fourth-order valence-electron chi connectivity index (χ4n) is 3.06. The number of para-hydroxylation sites is 2. The van der Waals surface area contributed by atoms with Gasteiger partial charge in [0.25, 0.3) is 0 Å². The Morgan fingerprint density at radius 2 is 1.73 bits per heavy atom. The summed E-state index contributed by atoms with van der Waals surface area (Å²) >= 11 is 0. The van der Waals surface area contributed by atoms with Crippen LogP contribution in [0.3, 0.4) is 0 Å². The van der Waals surface area contributed by atoms with E-state index in [-0.39, 0.29) is 16.2 Å². The average Bonchev–Trinajstić information content (AvgIpc) is 3.19. The summed E-state index contributed by atoms with van der Waals surface area (Å²) in [5.74, 6) is -0.491. The molecule has 0 spiro atoms. The molecule has 4 rings (SSSR count). The zero-order valence-electron chi connectivity index (χ0n) is 16.2. The van der Waals surface area contributed by atoms with Crippen LogP contribution in [0, 0.1) is 0 Å². The minimum atomic E-state index is -3.51. The molecule has 7 heteroatoms. The van der Waals surface area contributed by atoms with Gasteiger partial charge >= 0.3 is 5.97 Å². The Bertz CT molecular complexity index is 1260. The molecular weight excluding hydrogens is 402 g/mol. The van der Waals surface area contributed by atoms with Gasteiger partial charge in [-0.3, -0.25) is 0 Å². The molecule has 0 N–H and O–H groups in total. The average molecular weight is 421 g/mol. The van der Waals surface area contributed by atoms with Crippen molar-refractivity contribution >= 4 is 26.9 Å². The number of oxazole rings is 1. The van der Waals surface area contributed by atoms with Crippen LogP contribution in [0.1, 0.15) is 34.8 Å². The highest BCUT2D eigenvalue weighted by atomic mass is 32.2. The van der Waals surface area contributed by atoms with Crippen molar-refractivity contribution in [2.45, 2.75) is 23.7 Å². The molecule has 0 unspecified atom stereocenters. The van der Waals surface area contributed by atoms with Crippen molar-refractivity contribution in [1.82, 2.24) is 4.98 Å². The summed E-state index contributed by atoms with van der Waals surface area (Å²) in [4.78, 5) is 17.2. The minimum absolute atomic E-state index is 0.210. The maximum atomic E-state index is 12.6. The summed E-state index contributed by atoms with van der Waals surface area (Å²) in [6, 6.07) is 21.9. The number of fused-ring (bicyclic) bond motifs is 1. The largest absolute Gasteiger partial charge is 0.449 e. The molecule has 0 fully saturated rings. The van der Waals surface area contributed by atoms with E-state index in [0.717, 1.165) is 0 Å². The van der Waals surface area contributed by atoms with Gasteiger partial charge in [0.15, 0.2) is 21.5 Å². The second kappa shape index (κ2) is 8.12. The van der Waals surface area contributed by atoms with Crippen molar-refractivity contribution in [3.8, 4) is 0 Å². The fourth-order valence-corrected chi connectivity index (χ4v) is 4.42. The van der Waals surface area contributed by atoms with E-state index in [2.05, 4.69) is 4.98 Å². The third kappa shape index (κ3) is 4.26. The zero-order chi connectivity index (χ0) is 21.1. The molecule has 3 aromatic carbocycles. The van der Waals surface area contributed by atoms with Crippen LogP contribution in [-0.4, -0.2) is 19.4 Å². The number of carbonyl (C=O) groups excluding carboxylic acids is 1. The van der Waals surface area contributed by atoms with E-state index >= 15 is 0 Å². The lowest BCUT2D eigenvalue weighted by atomic mass is 10.1. The van der Waals surface area contributed by atoms with E-state index in [0.29, 0.717) is 22.6 Å². The van der Waals surface area contributed by atoms with E-state index in [1.807, 2.05) is 18.2 Å². The van der Waals surface area contributed by atoms with Crippen LogP contribution in [0.15, 0.2) is 88.2 Å². The summed E-state index contributed by atoms with van der Waals surface area (Å²) in [7, 11) is -3.51. The summed E-state index contributed by atoms with van der Waals surface area (Å²) in [5, 5.41) is 0. The normalized spacial score (nSPS) is 12.6. The van der Waals surface area contributed by atoms with Crippen molar-refractivity contribution in [1.29, 1.82) is 0 Å². The smallest absolute Gasteiger partial charge is 0.338 e. The lowest BCUT2D eigenvalue weighted by Gasteiger charge is -2.11. The number of carbonyl (C=O) groups is 1. The molecule has 6 nitrogen and oxygen atoms in total. The van der Waals surface area contributed by atoms with Crippen LogP contribution in [0.25, 0.3) is 11.1 Å². The molecule has 30 heavy (non-hydrogen) atoms. The Balaban J connectivity index is 1.49. The quantitative estimate of drug-likeness (QED) is 0.419. The lowest BCUT2D eigenvalue weighted by molar-refractivity contribution is 0.0282. The number of sulfone groups is 1. The number of benzene rings is 3. The molecule has 1 atom stereocenters. The Hall–Kier alpha value is -3.45. The van der Waals surface area contributed by atoms with Gasteiger partial charge in [-0.15, -0.1) is 0 Å². The molecule has 1 aromatic heterocycles. The lowest BCUT2D eigenvalue weighted by Crippen LogP contribution is -2.11. The third-order valence-corrected chi connectivity index (χ3v) is 6.27. The van der Waals surface area contributed by atoms with Crippen LogP contribution in [0.4, 0.5) is 0 Å².